The fourth-order valence-corrected chi connectivity index (χ4v) is 6.83. The van der Waals surface area contributed by atoms with Gasteiger partial charge in [0.1, 0.15) is 0 Å². The van der Waals surface area contributed by atoms with Gasteiger partial charge in [-0.1, -0.05) is 6.92 Å². The number of fused-ring (bicyclic) bond motifs is 1. The number of hydrogen-bond acceptors (Lipinski definition) is 4. The van der Waals surface area contributed by atoms with Crippen LogP contribution in [-0.2, 0) is 9.59 Å². The van der Waals surface area contributed by atoms with Gasteiger partial charge in [-0.2, -0.15) is 0 Å². The summed E-state index contributed by atoms with van der Waals surface area (Å²) in [6.45, 7) is 7.76. The average molecular weight is 419 g/mol. The largest absolute Gasteiger partial charge is 0.352 e. The van der Waals surface area contributed by atoms with E-state index in [4.69, 9.17) is 0 Å². The van der Waals surface area contributed by atoms with Crippen LogP contribution in [-0.4, -0.2) is 72.5 Å². The molecule has 0 aromatic heterocycles. The van der Waals surface area contributed by atoms with Crippen molar-refractivity contribution >= 4 is 11.8 Å². The highest BCUT2D eigenvalue weighted by molar-refractivity contribution is 5.82. The number of piperidine rings is 2. The minimum atomic E-state index is 0.0105. The van der Waals surface area contributed by atoms with Gasteiger partial charge in [0.25, 0.3) is 0 Å². The molecule has 4 fully saturated rings. The molecule has 0 bridgehead atoms. The Morgan fingerprint density at radius 3 is 2.50 bits per heavy atom. The number of nitrogens with one attached hydrogen (secondary N) is 2. The number of likely N-dealkylation sites (tertiary alicyclic amines) is 2. The van der Waals surface area contributed by atoms with Crippen molar-refractivity contribution in [2.45, 2.75) is 95.9 Å². The van der Waals surface area contributed by atoms with Crippen LogP contribution in [0.2, 0.25) is 0 Å². The molecule has 0 radical (unpaired) electrons. The van der Waals surface area contributed by atoms with Gasteiger partial charge in [0.05, 0.1) is 6.04 Å². The standard InChI is InChI=1S/C24H42N4O2/c1-14-6-8-18(26-23(29)21-9-7-16(3)27(21)4)12-19(14)20-11-17-13-25-15(2)10-22(17)28(5)24(20)30/h14-22,25H,6-13H2,1-5H3,(H,26,29). The van der Waals surface area contributed by atoms with Gasteiger partial charge in [-0.05, 0) is 83.6 Å². The van der Waals surface area contributed by atoms with Crippen molar-refractivity contribution in [1.82, 2.24) is 20.4 Å². The van der Waals surface area contributed by atoms with E-state index in [1.165, 1.54) is 0 Å². The van der Waals surface area contributed by atoms with Crippen LogP contribution in [0.15, 0.2) is 0 Å². The van der Waals surface area contributed by atoms with E-state index in [1.807, 2.05) is 7.05 Å². The molecule has 3 heterocycles. The van der Waals surface area contributed by atoms with Gasteiger partial charge in [0, 0.05) is 43.7 Å². The van der Waals surface area contributed by atoms with E-state index in [0.717, 1.165) is 51.5 Å². The van der Waals surface area contributed by atoms with Crippen molar-refractivity contribution in [3.8, 4) is 0 Å². The fraction of sp³-hybridized carbons (Fsp3) is 0.917. The lowest BCUT2D eigenvalue weighted by atomic mass is 9.65. The minimum absolute atomic E-state index is 0.0105. The summed E-state index contributed by atoms with van der Waals surface area (Å²) < 4.78 is 0. The SMILES string of the molecule is CC1CC2C(CN1)CC(C1CC(NC(=O)C3CCC(C)N3C)CCC1C)C(=O)N2C. The Morgan fingerprint density at radius 2 is 1.80 bits per heavy atom. The van der Waals surface area contributed by atoms with Crippen molar-refractivity contribution in [2.24, 2.45) is 23.7 Å². The summed E-state index contributed by atoms with van der Waals surface area (Å²) in [6, 6.07) is 1.58. The third-order valence-corrected chi connectivity index (χ3v) is 9.06. The zero-order chi connectivity index (χ0) is 21.6. The lowest BCUT2D eigenvalue weighted by Gasteiger charge is -2.50. The Balaban J connectivity index is 1.41. The number of amides is 2. The van der Waals surface area contributed by atoms with Crippen molar-refractivity contribution < 1.29 is 9.59 Å². The summed E-state index contributed by atoms with van der Waals surface area (Å²) in [6.07, 6.45) is 7.20. The summed E-state index contributed by atoms with van der Waals surface area (Å²) in [5.41, 5.74) is 0. The summed E-state index contributed by atoms with van der Waals surface area (Å²) >= 11 is 0. The number of likely N-dealkylation sites (N-methyl/N-ethyl adjacent to an activating group) is 1. The first kappa shape index (κ1) is 22.1. The van der Waals surface area contributed by atoms with Gasteiger partial charge in [0.2, 0.25) is 11.8 Å². The second-order valence-electron chi connectivity index (χ2n) is 10.9. The highest BCUT2D eigenvalue weighted by Crippen LogP contribution is 2.43. The van der Waals surface area contributed by atoms with E-state index in [9.17, 15) is 9.59 Å². The van der Waals surface area contributed by atoms with Crippen molar-refractivity contribution in [2.75, 3.05) is 20.6 Å². The summed E-state index contributed by atoms with van der Waals surface area (Å²) in [5.74, 6) is 2.12. The predicted molar refractivity (Wildman–Crippen MR) is 119 cm³/mol. The molecule has 4 aliphatic rings. The van der Waals surface area contributed by atoms with Crippen LogP contribution in [0.1, 0.15) is 65.7 Å². The van der Waals surface area contributed by atoms with Gasteiger partial charge in [-0.3, -0.25) is 14.5 Å². The number of carbonyl (C=O) groups excluding carboxylic acids is 2. The average Bonchev–Trinajstić information content (AvgIpc) is 3.05. The number of hydrogen-bond donors (Lipinski definition) is 2. The molecule has 3 saturated heterocycles. The van der Waals surface area contributed by atoms with Crippen LogP contribution in [0.4, 0.5) is 0 Å². The Hall–Kier alpha value is -1.14. The molecule has 0 aromatic rings. The molecule has 2 N–H and O–H groups in total. The highest BCUT2D eigenvalue weighted by atomic mass is 16.2. The fourth-order valence-electron chi connectivity index (χ4n) is 6.83. The second kappa shape index (κ2) is 8.78. The normalized spacial score (nSPS) is 45.3. The first-order valence-corrected chi connectivity index (χ1v) is 12.3. The lowest BCUT2D eigenvalue weighted by Crippen LogP contribution is -2.60. The second-order valence-corrected chi connectivity index (χ2v) is 10.9. The van der Waals surface area contributed by atoms with E-state index in [2.05, 4.69) is 48.3 Å². The maximum Gasteiger partial charge on any atom is 0.237 e. The third kappa shape index (κ3) is 4.14. The summed E-state index contributed by atoms with van der Waals surface area (Å²) in [7, 11) is 4.09. The topological polar surface area (TPSA) is 64.7 Å². The molecule has 170 valence electrons. The smallest absolute Gasteiger partial charge is 0.237 e. The molecule has 4 rings (SSSR count). The van der Waals surface area contributed by atoms with E-state index >= 15 is 0 Å². The van der Waals surface area contributed by atoms with Crippen LogP contribution in [0.3, 0.4) is 0 Å². The Kier molecular flexibility index (Phi) is 6.45. The van der Waals surface area contributed by atoms with E-state index in [0.29, 0.717) is 41.8 Å². The van der Waals surface area contributed by atoms with Crippen LogP contribution >= 0.6 is 0 Å². The van der Waals surface area contributed by atoms with Crippen LogP contribution in [0, 0.1) is 23.7 Å². The quantitative estimate of drug-likeness (QED) is 0.738. The molecular formula is C24H42N4O2. The maximum absolute atomic E-state index is 13.4. The predicted octanol–water partition coefficient (Wildman–Crippen LogP) is 2.24. The van der Waals surface area contributed by atoms with E-state index in [1.54, 1.807) is 0 Å². The molecule has 0 spiro atoms. The first-order valence-electron chi connectivity index (χ1n) is 12.3. The highest BCUT2D eigenvalue weighted by Gasteiger charge is 2.47. The first-order chi connectivity index (χ1) is 14.3. The van der Waals surface area contributed by atoms with Crippen LogP contribution in [0.5, 0.6) is 0 Å². The van der Waals surface area contributed by atoms with Gasteiger partial charge in [-0.25, -0.2) is 0 Å². The monoisotopic (exact) mass is 418 g/mol. The summed E-state index contributed by atoms with van der Waals surface area (Å²) in [5, 5.41) is 7.00. The van der Waals surface area contributed by atoms with E-state index < -0.39 is 0 Å². The van der Waals surface area contributed by atoms with Gasteiger partial charge in [0.15, 0.2) is 0 Å². The molecule has 6 heteroatoms. The van der Waals surface area contributed by atoms with Gasteiger partial charge in [-0.15, -0.1) is 0 Å². The third-order valence-electron chi connectivity index (χ3n) is 9.06. The zero-order valence-electron chi connectivity index (χ0n) is 19.6. The van der Waals surface area contributed by atoms with Crippen molar-refractivity contribution in [3.63, 3.8) is 0 Å². The van der Waals surface area contributed by atoms with Crippen molar-refractivity contribution in [1.29, 1.82) is 0 Å². The Morgan fingerprint density at radius 1 is 1.03 bits per heavy atom. The van der Waals surface area contributed by atoms with Gasteiger partial charge >= 0.3 is 0 Å². The maximum atomic E-state index is 13.4. The van der Waals surface area contributed by atoms with Crippen LogP contribution < -0.4 is 10.6 Å². The molecule has 3 aliphatic heterocycles. The molecule has 2 amide bonds. The Labute approximate surface area is 182 Å². The Bertz CT molecular complexity index is 655. The molecular weight excluding hydrogens is 376 g/mol. The van der Waals surface area contributed by atoms with E-state index in [-0.39, 0.29) is 23.9 Å². The van der Waals surface area contributed by atoms with Crippen molar-refractivity contribution in [3.05, 3.63) is 0 Å². The molecule has 30 heavy (non-hydrogen) atoms. The molecule has 6 nitrogen and oxygen atoms in total. The zero-order valence-corrected chi connectivity index (χ0v) is 19.6. The minimum Gasteiger partial charge on any atom is -0.352 e. The lowest BCUT2D eigenvalue weighted by molar-refractivity contribution is -0.148. The molecule has 1 saturated carbocycles. The van der Waals surface area contributed by atoms with Gasteiger partial charge < -0.3 is 15.5 Å². The molecule has 0 aromatic carbocycles. The molecule has 1 aliphatic carbocycles. The molecule has 9 atom stereocenters. The number of carbonyl (C=O) groups is 2. The number of rotatable bonds is 3. The summed E-state index contributed by atoms with van der Waals surface area (Å²) in [4.78, 5) is 30.6. The number of nitrogens with zero attached hydrogens (tertiary/aromatic N) is 2. The van der Waals surface area contributed by atoms with Crippen LogP contribution in [0.25, 0.3) is 0 Å². The molecule has 9 unspecified atom stereocenters.